The highest BCUT2D eigenvalue weighted by atomic mass is 19.4. The van der Waals surface area contributed by atoms with Crippen LogP contribution in [-0.2, 0) is 4.74 Å². The van der Waals surface area contributed by atoms with Gasteiger partial charge in [0.2, 0.25) is 0 Å². The van der Waals surface area contributed by atoms with Crippen molar-refractivity contribution in [2.24, 2.45) is 0 Å². The first-order valence-electron chi connectivity index (χ1n) is 5.69. The first kappa shape index (κ1) is 15.6. The number of ether oxygens (including phenoxy) is 1. The molecule has 0 heterocycles. The van der Waals surface area contributed by atoms with E-state index in [9.17, 15) is 23.4 Å². The highest BCUT2D eigenvalue weighted by molar-refractivity contribution is 5.37. The molecule has 1 atom stereocenters. The van der Waals surface area contributed by atoms with Crippen molar-refractivity contribution >= 4 is 0 Å². The summed E-state index contributed by atoms with van der Waals surface area (Å²) in [4.78, 5) is 0. The van der Waals surface area contributed by atoms with Gasteiger partial charge in [-0.3, -0.25) is 0 Å². The van der Waals surface area contributed by atoms with E-state index < -0.39 is 12.8 Å². The zero-order valence-corrected chi connectivity index (χ0v) is 10.4. The zero-order valence-electron chi connectivity index (χ0n) is 10.4. The minimum atomic E-state index is -4.32. The lowest BCUT2D eigenvalue weighted by molar-refractivity contribution is -0.173. The highest BCUT2D eigenvalue weighted by Gasteiger charge is 2.27. The van der Waals surface area contributed by atoms with Crippen molar-refractivity contribution < 1.29 is 28.1 Å². The Balaban J connectivity index is 2.33. The van der Waals surface area contributed by atoms with Gasteiger partial charge in [-0.15, -0.1) is 0 Å². The largest absolute Gasteiger partial charge is 0.508 e. The molecule has 1 aromatic rings. The molecule has 0 bridgehead atoms. The van der Waals surface area contributed by atoms with Gasteiger partial charge in [-0.1, -0.05) is 0 Å². The van der Waals surface area contributed by atoms with E-state index in [-0.39, 0.29) is 30.7 Å². The summed E-state index contributed by atoms with van der Waals surface area (Å²) in [6.45, 7) is 0.649. The Kier molecular flexibility index (Phi) is 5.44. The summed E-state index contributed by atoms with van der Waals surface area (Å²) in [7, 11) is 0. The number of hydrogen-bond donors (Lipinski definition) is 3. The molecular weight excluding hydrogens is 263 g/mol. The smallest absolute Gasteiger partial charge is 0.411 e. The number of benzene rings is 1. The van der Waals surface area contributed by atoms with Crippen LogP contribution in [0.2, 0.25) is 0 Å². The second kappa shape index (κ2) is 6.63. The van der Waals surface area contributed by atoms with Crippen molar-refractivity contribution in [3.8, 4) is 11.5 Å². The zero-order chi connectivity index (χ0) is 14.5. The van der Waals surface area contributed by atoms with Crippen molar-refractivity contribution in [2.45, 2.75) is 19.1 Å². The van der Waals surface area contributed by atoms with E-state index in [2.05, 4.69) is 10.1 Å². The minimum Gasteiger partial charge on any atom is -0.508 e. The molecule has 1 aromatic carbocycles. The molecule has 3 N–H and O–H groups in total. The molecule has 108 valence electrons. The molecule has 0 aliphatic carbocycles. The maximum absolute atomic E-state index is 11.8. The van der Waals surface area contributed by atoms with E-state index in [0.29, 0.717) is 5.56 Å². The molecule has 0 fully saturated rings. The van der Waals surface area contributed by atoms with Crippen LogP contribution in [0.5, 0.6) is 11.5 Å². The number of nitrogens with one attached hydrogen (secondary N) is 1. The average molecular weight is 279 g/mol. The number of rotatable bonds is 6. The van der Waals surface area contributed by atoms with Crippen molar-refractivity contribution in [1.82, 2.24) is 5.32 Å². The van der Waals surface area contributed by atoms with Gasteiger partial charge in [0, 0.05) is 18.7 Å². The number of phenolic OH excluding ortho intramolecular Hbond substituents is 2. The molecule has 0 saturated carbocycles. The lowest BCUT2D eigenvalue weighted by Gasteiger charge is -2.15. The molecule has 0 amide bonds. The fourth-order valence-electron chi connectivity index (χ4n) is 1.52. The van der Waals surface area contributed by atoms with Gasteiger partial charge in [-0.05, 0) is 24.6 Å². The number of halogens is 3. The predicted molar refractivity (Wildman–Crippen MR) is 63.1 cm³/mol. The molecule has 0 saturated heterocycles. The number of alkyl halides is 3. The third-order valence-corrected chi connectivity index (χ3v) is 2.39. The van der Waals surface area contributed by atoms with Crippen LogP contribution in [0.3, 0.4) is 0 Å². The fraction of sp³-hybridized carbons (Fsp3) is 0.500. The van der Waals surface area contributed by atoms with Crippen LogP contribution in [0.4, 0.5) is 13.2 Å². The van der Waals surface area contributed by atoms with Gasteiger partial charge in [0.25, 0.3) is 0 Å². The number of phenols is 2. The predicted octanol–water partition coefficient (Wildman–Crippen LogP) is 2.33. The quantitative estimate of drug-likeness (QED) is 0.699. The van der Waals surface area contributed by atoms with Gasteiger partial charge in [0.1, 0.15) is 18.1 Å². The van der Waals surface area contributed by atoms with E-state index in [1.54, 1.807) is 6.92 Å². The second-order valence-electron chi connectivity index (χ2n) is 4.13. The highest BCUT2D eigenvalue weighted by Crippen LogP contribution is 2.24. The molecule has 0 aromatic heterocycles. The molecule has 0 aliphatic heterocycles. The third kappa shape index (κ3) is 6.30. The van der Waals surface area contributed by atoms with E-state index >= 15 is 0 Å². The van der Waals surface area contributed by atoms with Crippen LogP contribution in [0.15, 0.2) is 18.2 Å². The number of hydrogen-bond acceptors (Lipinski definition) is 4. The monoisotopic (exact) mass is 279 g/mol. The Morgan fingerprint density at radius 3 is 2.32 bits per heavy atom. The van der Waals surface area contributed by atoms with Crippen LogP contribution >= 0.6 is 0 Å². The van der Waals surface area contributed by atoms with Gasteiger partial charge >= 0.3 is 6.18 Å². The Labute approximate surface area is 108 Å². The minimum absolute atomic E-state index is 0.0722. The summed E-state index contributed by atoms with van der Waals surface area (Å²) in [5.74, 6) is -0.144. The summed E-state index contributed by atoms with van der Waals surface area (Å²) in [5, 5.41) is 21.5. The summed E-state index contributed by atoms with van der Waals surface area (Å²) < 4.78 is 39.8. The van der Waals surface area contributed by atoms with Crippen molar-refractivity contribution in [1.29, 1.82) is 0 Å². The van der Waals surface area contributed by atoms with Gasteiger partial charge in [0.15, 0.2) is 0 Å². The standard InChI is InChI=1S/C12H16F3NO3/c1-8(9-4-10(17)6-11(18)5-9)16-2-3-19-7-12(13,14)15/h4-6,8,16-18H,2-3,7H2,1H3. The maximum atomic E-state index is 11.8. The van der Waals surface area contributed by atoms with Crippen LogP contribution < -0.4 is 5.32 Å². The molecule has 1 rings (SSSR count). The van der Waals surface area contributed by atoms with Crippen LogP contribution in [0.25, 0.3) is 0 Å². The summed E-state index contributed by atoms with van der Waals surface area (Å²) >= 11 is 0. The van der Waals surface area contributed by atoms with Gasteiger partial charge in [-0.2, -0.15) is 13.2 Å². The fourth-order valence-corrected chi connectivity index (χ4v) is 1.52. The van der Waals surface area contributed by atoms with Crippen LogP contribution in [-0.4, -0.2) is 36.1 Å². The SMILES string of the molecule is CC(NCCOCC(F)(F)F)c1cc(O)cc(O)c1. The van der Waals surface area contributed by atoms with Crippen molar-refractivity contribution in [2.75, 3.05) is 19.8 Å². The first-order chi connectivity index (χ1) is 8.78. The topological polar surface area (TPSA) is 61.7 Å². The van der Waals surface area contributed by atoms with Crippen LogP contribution in [0, 0.1) is 0 Å². The summed E-state index contributed by atoms with van der Waals surface area (Å²) in [6, 6.07) is 3.90. The molecule has 0 radical (unpaired) electrons. The van der Waals surface area contributed by atoms with Crippen molar-refractivity contribution in [3.63, 3.8) is 0 Å². The third-order valence-electron chi connectivity index (χ3n) is 2.39. The Bertz CT molecular complexity index is 389. The average Bonchev–Trinajstić information content (AvgIpc) is 2.25. The maximum Gasteiger partial charge on any atom is 0.411 e. The van der Waals surface area contributed by atoms with E-state index in [0.717, 1.165) is 0 Å². The molecule has 1 unspecified atom stereocenters. The Morgan fingerprint density at radius 1 is 1.21 bits per heavy atom. The van der Waals surface area contributed by atoms with Gasteiger partial charge in [0.05, 0.1) is 6.61 Å². The normalized spacial score (nSPS) is 13.5. The Hall–Kier alpha value is -1.47. The number of aromatic hydroxyl groups is 2. The van der Waals surface area contributed by atoms with Crippen LogP contribution in [0.1, 0.15) is 18.5 Å². The molecule has 4 nitrogen and oxygen atoms in total. The molecular formula is C12H16F3NO3. The second-order valence-corrected chi connectivity index (χ2v) is 4.13. The van der Waals surface area contributed by atoms with Gasteiger partial charge < -0.3 is 20.3 Å². The Morgan fingerprint density at radius 2 is 1.79 bits per heavy atom. The lowest BCUT2D eigenvalue weighted by atomic mass is 10.1. The van der Waals surface area contributed by atoms with Crippen molar-refractivity contribution in [3.05, 3.63) is 23.8 Å². The van der Waals surface area contributed by atoms with Gasteiger partial charge in [-0.25, -0.2) is 0 Å². The van der Waals surface area contributed by atoms with E-state index in [1.165, 1.54) is 18.2 Å². The molecule has 0 spiro atoms. The molecule has 0 aliphatic rings. The van der Waals surface area contributed by atoms with E-state index in [1.807, 2.05) is 0 Å². The molecule has 7 heteroatoms. The molecule has 19 heavy (non-hydrogen) atoms. The first-order valence-corrected chi connectivity index (χ1v) is 5.69. The lowest BCUT2D eigenvalue weighted by Crippen LogP contribution is -2.25. The summed E-state index contributed by atoms with van der Waals surface area (Å²) in [6.07, 6.45) is -4.32. The summed E-state index contributed by atoms with van der Waals surface area (Å²) in [5.41, 5.74) is 0.633. The van der Waals surface area contributed by atoms with E-state index in [4.69, 9.17) is 0 Å².